The van der Waals surface area contributed by atoms with Gasteiger partial charge in [-0.05, 0) is 44.9 Å². The smallest absolute Gasteiger partial charge is 0.223 e. The Kier molecular flexibility index (Phi) is 8.24. The molecule has 0 bridgehead atoms. The van der Waals surface area contributed by atoms with Gasteiger partial charge < -0.3 is 24.8 Å². The van der Waals surface area contributed by atoms with Crippen LogP contribution in [-0.4, -0.2) is 52.0 Å². The highest BCUT2D eigenvalue weighted by atomic mass is 16.7. The van der Waals surface area contributed by atoms with Crippen molar-refractivity contribution >= 4 is 5.78 Å². The van der Waals surface area contributed by atoms with E-state index in [1.807, 2.05) is 27.7 Å². The SMILES string of the molecule is CCCC1C(C)C(O)CC(C)(C(OCOC(C)C)C(=O)C(C)(O)O)C1C. The monoisotopic (exact) mass is 374 g/mol. The van der Waals surface area contributed by atoms with Gasteiger partial charge in [0.15, 0.2) is 0 Å². The van der Waals surface area contributed by atoms with Crippen molar-refractivity contribution in [3.8, 4) is 0 Å². The van der Waals surface area contributed by atoms with Gasteiger partial charge in [0.2, 0.25) is 11.6 Å². The highest BCUT2D eigenvalue weighted by Crippen LogP contribution is 2.51. The lowest BCUT2D eigenvalue weighted by atomic mass is 9.55. The fourth-order valence-electron chi connectivity index (χ4n) is 4.30. The molecule has 6 unspecified atom stereocenters. The molecule has 6 heteroatoms. The van der Waals surface area contributed by atoms with Crippen LogP contribution in [0.5, 0.6) is 0 Å². The van der Waals surface area contributed by atoms with Crippen molar-refractivity contribution in [1.82, 2.24) is 0 Å². The lowest BCUT2D eigenvalue weighted by Gasteiger charge is -2.53. The molecule has 0 aliphatic heterocycles. The van der Waals surface area contributed by atoms with Gasteiger partial charge in [-0.2, -0.15) is 0 Å². The number of hydrogen-bond acceptors (Lipinski definition) is 6. The molecule has 1 saturated carbocycles. The minimum absolute atomic E-state index is 0.0659. The van der Waals surface area contributed by atoms with Crippen LogP contribution < -0.4 is 0 Å². The third kappa shape index (κ3) is 5.26. The number of ether oxygens (including phenoxy) is 2. The molecule has 0 amide bonds. The Bertz CT molecular complexity index is 458. The first-order chi connectivity index (χ1) is 11.9. The van der Waals surface area contributed by atoms with Gasteiger partial charge in [-0.1, -0.05) is 40.5 Å². The topological polar surface area (TPSA) is 96.2 Å². The molecule has 1 aliphatic carbocycles. The fourth-order valence-corrected chi connectivity index (χ4v) is 4.30. The second-order valence-electron chi connectivity index (χ2n) is 8.64. The highest BCUT2D eigenvalue weighted by molar-refractivity contribution is 5.89. The zero-order valence-electron chi connectivity index (χ0n) is 17.4. The van der Waals surface area contributed by atoms with Crippen LogP contribution in [0, 0.1) is 23.2 Å². The summed E-state index contributed by atoms with van der Waals surface area (Å²) in [5.74, 6) is -2.88. The Morgan fingerprint density at radius 2 is 1.85 bits per heavy atom. The van der Waals surface area contributed by atoms with Gasteiger partial charge in [-0.25, -0.2) is 0 Å². The molecular formula is C20H38O6. The van der Waals surface area contributed by atoms with Gasteiger partial charge in [0.25, 0.3) is 0 Å². The maximum Gasteiger partial charge on any atom is 0.223 e. The predicted octanol–water partition coefficient (Wildman–Crippen LogP) is 2.48. The molecule has 0 aromatic carbocycles. The number of aliphatic hydroxyl groups is 3. The average Bonchev–Trinajstić information content (AvgIpc) is 2.52. The zero-order chi connectivity index (χ0) is 20.3. The second-order valence-corrected chi connectivity index (χ2v) is 8.64. The molecule has 0 radical (unpaired) electrons. The van der Waals surface area contributed by atoms with Crippen molar-refractivity contribution in [2.45, 2.75) is 91.8 Å². The molecule has 154 valence electrons. The van der Waals surface area contributed by atoms with E-state index in [1.54, 1.807) is 0 Å². The van der Waals surface area contributed by atoms with E-state index in [4.69, 9.17) is 9.47 Å². The molecule has 1 rings (SSSR count). The summed E-state index contributed by atoms with van der Waals surface area (Å²) >= 11 is 0. The summed E-state index contributed by atoms with van der Waals surface area (Å²) in [7, 11) is 0. The Morgan fingerprint density at radius 3 is 2.31 bits per heavy atom. The molecule has 6 nitrogen and oxygen atoms in total. The molecule has 1 aliphatic rings. The zero-order valence-corrected chi connectivity index (χ0v) is 17.4. The van der Waals surface area contributed by atoms with Gasteiger partial charge in [-0.15, -0.1) is 0 Å². The molecule has 3 N–H and O–H groups in total. The van der Waals surface area contributed by atoms with Crippen LogP contribution in [0.15, 0.2) is 0 Å². The fraction of sp³-hybridized carbons (Fsp3) is 0.950. The van der Waals surface area contributed by atoms with Crippen LogP contribution in [0.1, 0.15) is 67.7 Å². The molecule has 0 heterocycles. The van der Waals surface area contributed by atoms with E-state index in [0.29, 0.717) is 6.42 Å². The minimum atomic E-state index is -2.50. The van der Waals surface area contributed by atoms with Crippen molar-refractivity contribution in [1.29, 1.82) is 0 Å². The van der Waals surface area contributed by atoms with Crippen molar-refractivity contribution in [2.24, 2.45) is 23.2 Å². The Balaban J connectivity index is 3.20. The lowest BCUT2D eigenvalue weighted by Crippen LogP contribution is -2.58. The van der Waals surface area contributed by atoms with Gasteiger partial charge in [-0.3, -0.25) is 4.79 Å². The molecule has 6 atom stereocenters. The summed E-state index contributed by atoms with van der Waals surface area (Å²) < 4.78 is 11.2. The molecule has 0 aromatic rings. The van der Waals surface area contributed by atoms with Gasteiger partial charge >= 0.3 is 0 Å². The first kappa shape index (κ1) is 23.5. The molecule has 0 spiro atoms. The van der Waals surface area contributed by atoms with E-state index in [1.165, 1.54) is 0 Å². The largest absolute Gasteiger partial charge is 0.393 e. The summed E-state index contributed by atoms with van der Waals surface area (Å²) in [5.41, 5.74) is -0.726. The summed E-state index contributed by atoms with van der Waals surface area (Å²) in [6.45, 7) is 12.8. The molecular weight excluding hydrogens is 336 g/mol. The van der Waals surface area contributed by atoms with E-state index >= 15 is 0 Å². The van der Waals surface area contributed by atoms with E-state index < -0.39 is 29.2 Å². The third-order valence-electron chi connectivity index (χ3n) is 6.18. The highest BCUT2D eigenvalue weighted by Gasteiger charge is 2.55. The normalized spacial score (nSPS) is 34.1. The van der Waals surface area contributed by atoms with E-state index in [9.17, 15) is 20.1 Å². The lowest BCUT2D eigenvalue weighted by molar-refractivity contribution is -0.218. The Morgan fingerprint density at radius 1 is 1.27 bits per heavy atom. The van der Waals surface area contributed by atoms with Crippen LogP contribution in [0.2, 0.25) is 0 Å². The number of Topliss-reactive ketones (excluding diaryl/α,β-unsaturated/α-hetero) is 1. The first-order valence-corrected chi connectivity index (χ1v) is 9.76. The summed E-state index contributed by atoms with van der Waals surface area (Å²) in [6.07, 6.45) is 0.572. The molecule has 1 fully saturated rings. The Hall–Kier alpha value is -0.530. The van der Waals surface area contributed by atoms with Gasteiger partial charge in [0.05, 0.1) is 12.2 Å². The Labute approximate surface area is 157 Å². The van der Waals surface area contributed by atoms with Crippen molar-refractivity contribution in [2.75, 3.05) is 6.79 Å². The second kappa shape index (κ2) is 9.11. The molecule has 0 aromatic heterocycles. The molecule has 26 heavy (non-hydrogen) atoms. The average molecular weight is 375 g/mol. The van der Waals surface area contributed by atoms with Crippen molar-refractivity contribution in [3.63, 3.8) is 0 Å². The van der Waals surface area contributed by atoms with Crippen molar-refractivity contribution < 1.29 is 29.6 Å². The van der Waals surface area contributed by atoms with Gasteiger partial charge in [0.1, 0.15) is 12.9 Å². The summed E-state index contributed by atoms with van der Waals surface area (Å²) in [6, 6.07) is 0. The van der Waals surface area contributed by atoms with Crippen LogP contribution in [0.25, 0.3) is 0 Å². The summed E-state index contributed by atoms with van der Waals surface area (Å²) in [4.78, 5) is 12.8. The first-order valence-electron chi connectivity index (χ1n) is 9.76. The predicted molar refractivity (Wildman–Crippen MR) is 99.3 cm³/mol. The van der Waals surface area contributed by atoms with Crippen molar-refractivity contribution in [3.05, 3.63) is 0 Å². The van der Waals surface area contributed by atoms with E-state index in [0.717, 1.165) is 19.8 Å². The number of ketones is 1. The quantitative estimate of drug-likeness (QED) is 0.537. The number of carbonyl (C=O) groups is 1. The third-order valence-corrected chi connectivity index (χ3v) is 6.18. The van der Waals surface area contributed by atoms with E-state index in [-0.39, 0.29) is 30.7 Å². The number of rotatable bonds is 9. The van der Waals surface area contributed by atoms with Crippen LogP contribution >= 0.6 is 0 Å². The number of aliphatic hydroxyl groups excluding tert-OH is 1. The van der Waals surface area contributed by atoms with Crippen LogP contribution in [0.4, 0.5) is 0 Å². The molecule has 0 saturated heterocycles. The maximum atomic E-state index is 12.8. The number of carbonyl (C=O) groups excluding carboxylic acids is 1. The van der Waals surface area contributed by atoms with Crippen LogP contribution in [0.3, 0.4) is 0 Å². The van der Waals surface area contributed by atoms with Gasteiger partial charge in [0, 0.05) is 5.41 Å². The number of hydrogen-bond donors (Lipinski definition) is 3. The summed E-state index contributed by atoms with van der Waals surface area (Å²) in [5, 5.41) is 30.5. The van der Waals surface area contributed by atoms with Crippen LogP contribution in [-0.2, 0) is 14.3 Å². The van der Waals surface area contributed by atoms with E-state index in [2.05, 4.69) is 13.8 Å². The maximum absolute atomic E-state index is 12.8. The minimum Gasteiger partial charge on any atom is -0.393 e. The standard InChI is InChI=1S/C20H38O6/c1-8-9-15-13(4)16(21)10-19(6,14(15)5)18(17(22)20(7,23)24)26-11-25-12(2)3/h12-16,18,21,23-24H,8-11H2,1-7H3.